The lowest BCUT2D eigenvalue weighted by Gasteiger charge is -2.10. The Morgan fingerprint density at radius 3 is 2.21 bits per heavy atom. The third kappa shape index (κ3) is 3.27. The minimum atomic E-state index is -0.612. The van der Waals surface area contributed by atoms with Crippen LogP contribution in [-0.4, -0.2) is 10.5 Å². The molecule has 0 spiro atoms. The molecule has 0 aliphatic carbocycles. The van der Waals surface area contributed by atoms with Crippen LogP contribution >= 0.6 is 0 Å². The third-order valence-corrected chi connectivity index (χ3v) is 3.81. The fraction of sp³-hybridized carbons (Fsp3) is 0.100. The molecule has 1 aromatic heterocycles. The van der Waals surface area contributed by atoms with Crippen molar-refractivity contribution in [2.75, 3.05) is 0 Å². The summed E-state index contributed by atoms with van der Waals surface area (Å²) in [6.45, 7) is 0.142. The first-order valence-electron chi connectivity index (χ1n) is 7.63. The minimum Gasteiger partial charge on any atom is -0.457 e. The molecule has 3 aromatic rings. The van der Waals surface area contributed by atoms with Crippen LogP contribution in [-0.2, 0) is 18.4 Å². The summed E-state index contributed by atoms with van der Waals surface area (Å²) in [6, 6.07) is 22.2. The Balaban J connectivity index is 1.83. The molecule has 0 fully saturated rings. The second kappa shape index (κ2) is 6.96. The van der Waals surface area contributed by atoms with Gasteiger partial charge in [0.05, 0.1) is 5.69 Å². The number of nitrogens with zero attached hydrogens (tertiary/aromatic N) is 1. The van der Waals surface area contributed by atoms with Gasteiger partial charge < -0.3 is 9.30 Å². The van der Waals surface area contributed by atoms with Gasteiger partial charge in [-0.1, -0.05) is 60.7 Å². The fourth-order valence-corrected chi connectivity index (χ4v) is 2.49. The van der Waals surface area contributed by atoms with E-state index in [-0.39, 0.29) is 17.7 Å². The summed E-state index contributed by atoms with van der Waals surface area (Å²) in [7, 11) is 1.65. The maximum Gasteiger partial charge on any atom is 0.344 e. The number of rotatable bonds is 4. The molecule has 0 bridgehead atoms. The van der Waals surface area contributed by atoms with Gasteiger partial charge in [-0.25, -0.2) is 4.79 Å². The molecule has 4 nitrogen and oxygen atoms in total. The highest BCUT2D eigenvalue weighted by Gasteiger charge is 2.15. The first-order chi connectivity index (χ1) is 11.7. The Morgan fingerprint density at radius 1 is 0.917 bits per heavy atom. The molecule has 0 atom stereocenters. The van der Waals surface area contributed by atoms with Crippen molar-refractivity contribution in [3.05, 3.63) is 94.3 Å². The van der Waals surface area contributed by atoms with E-state index < -0.39 is 5.97 Å². The SMILES string of the molecule is Cn1c(-c2ccccc2)ccc(C(=O)OCc2ccccc2)c1=O. The number of benzene rings is 2. The largest absolute Gasteiger partial charge is 0.457 e. The molecule has 0 unspecified atom stereocenters. The van der Waals surface area contributed by atoms with Crippen molar-refractivity contribution >= 4 is 5.97 Å². The Kier molecular flexibility index (Phi) is 4.57. The monoisotopic (exact) mass is 319 g/mol. The van der Waals surface area contributed by atoms with E-state index in [1.165, 1.54) is 10.6 Å². The summed E-state index contributed by atoms with van der Waals surface area (Å²) in [4.78, 5) is 24.7. The lowest BCUT2D eigenvalue weighted by atomic mass is 10.1. The van der Waals surface area contributed by atoms with Crippen molar-refractivity contribution in [1.82, 2.24) is 4.57 Å². The Labute approximate surface area is 140 Å². The van der Waals surface area contributed by atoms with Crippen LogP contribution in [0.25, 0.3) is 11.3 Å². The van der Waals surface area contributed by atoms with E-state index in [2.05, 4.69) is 0 Å². The van der Waals surface area contributed by atoms with E-state index in [9.17, 15) is 9.59 Å². The Bertz CT molecular complexity index is 899. The third-order valence-electron chi connectivity index (χ3n) is 3.81. The number of carbonyl (C=O) groups is 1. The fourth-order valence-electron chi connectivity index (χ4n) is 2.49. The Hall–Kier alpha value is -3.14. The quantitative estimate of drug-likeness (QED) is 0.692. The zero-order valence-electron chi connectivity index (χ0n) is 13.3. The van der Waals surface area contributed by atoms with Crippen LogP contribution in [0.1, 0.15) is 15.9 Å². The van der Waals surface area contributed by atoms with E-state index in [1.807, 2.05) is 60.7 Å². The van der Waals surface area contributed by atoms with Crippen LogP contribution in [0, 0.1) is 0 Å². The average molecular weight is 319 g/mol. The molecular weight excluding hydrogens is 302 g/mol. The van der Waals surface area contributed by atoms with E-state index in [0.717, 1.165) is 16.8 Å². The van der Waals surface area contributed by atoms with Crippen LogP contribution < -0.4 is 5.56 Å². The van der Waals surface area contributed by atoms with Crippen molar-refractivity contribution in [3.63, 3.8) is 0 Å². The van der Waals surface area contributed by atoms with Gasteiger partial charge in [-0.2, -0.15) is 0 Å². The lowest BCUT2D eigenvalue weighted by molar-refractivity contribution is 0.0470. The van der Waals surface area contributed by atoms with Crippen LogP contribution in [0.2, 0.25) is 0 Å². The van der Waals surface area contributed by atoms with Crippen molar-refractivity contribution in [3.8, 4) is 11.3 Å². The van der Waals surface area contributed by atoms with Crippen LogP contribution in [0.4, 0.5) is 0 Å². The van der Waals surface area contributed by atoms with Gasteiger partial charge in [-0.15, -0.1) is 0 Å². The van der Waals surface area contributed by atoms with Gasteiger partial charge in [0.1, 0.15) is 12.2 Å². The van der Waals surface area contributed by atoms with E-state index in [4.69, 9.17) is 4.74 Å². The molecule has 1 heterocycles. The topological polar surface area (TPSA) is 48.3 Å². The first-order valence-corrected chi connectivity index (χ1v) is 7.63. The number of esters is 1. The van der Waals surface area contributed by atoms with Gasteiger partial charge in [-0.3, -0.25) is 4.79 Å². The van der Waals surface area contributed by atoms with E-state index >= 15 is 0 Å². The molecular formula is C20H17NO3. The number of ether oxygens (including phenoxy) is 1. The molecule has 0 amide bonds. The second-order valence-corrected chi connectivity index (χ2v) is 5.42. The van der Waals surface area contributed by atoms with Crippen molar-refractivity contribution in [2.45, 2.75) is 6.61 Å². The zero-order valence-corrected chi connectivity index (χ0v) is 13.3. The summed E-state index contributed by atoms with van der Waals surface area (Å²) in [5.41, 5.74) is 2.22. The lowest BCUT2D eigenvalue weighted by Crippen LogP contribution is -2.26. The predicted octanol–water partition coefficient (Wildman–Crippen LogP) is 3.41. The van der Waals surface area contributed by atoms with Gasteiger partial charge >= 0.3 is 5.97 Å². The number of hydrogen-bond acceptors (Lipinski definition) is 3. The molecule has 3 rings (SSSR count). The maximum absolute atomic E-state index is 12.5. The predicted molar refractivity (Wildman–Crippen MR) is 92.7 cm³/mol. The molecule has 0 saturated heterocycles. The average Bonchev–Trinajstić information content (AvgIpc) is 2.63. The van der Waals surface area contributed by atoms with Gasteiger partial charge in [-0.05, 0) is 23.3 Å². The molecule has 120 valence electrons. The number of aromatic nitrogens is 1. The summed E-state index contributed by atoms with van der Waals surface area (Å²) in [5.74, 6) is -0.612. The highest BCUT2D eigenvalue weighted by molar-refractivity contribution is 5.89. The zero-order chi connectivity index (χ0) is 16.9. The highest BCUT2D eigenvalue weighted by atomic mass is 16.5. The standard InChI is InChI=1S/C20H17NO3/c1-21-18(16-10-6-3-7-11-16)13-12-17(19(21)22)20(23)24-14-15-8-4-2-5-9-15/h2-13H,14H2,1H3. The summed E-state index contributed by atoms with van der Waals surface area (Å²) in [5, 5.41) is 0. The normalized spacial score (nSPS) is 10.4. The van der Waals surface area contributed by atoms with Crippen molar-refractivity contribution in [2.24, 2.45) is 7.05 Å². The molecule has 0 aliphatic rings. The summed E-state index contributed by atoms with van der Waals surface area (Å²) in [6.07, 6.45) is 0. The van der Waals surface area contributed by atoms with Crippen LogP contribution in [0.5, 0.6) is 0 Å². The van der Waals surface area contributed by atoms with E-state index in [1.54, 1.807) is 13.1 Å². The summed E-state index contributed by atoms with van der Waals surface area (Å²) < 4.78 is 6.71. The first kappa shape index (κ1) is 15.7. The number of carbonyl (C=O) groups excluding carboxylic acids is 1. The molecule has 4 heteroatoms. The van der Waals surface area contributed by atoms with Crippen molar-refractivity contribution in [1.29, 1.82) is 0 Å². The maximum atomic E-state index is 12.5. The Morgan fingerprint density at radius 2 is 1.54 bits per heavy atom. The van der Waals surface area contributed by atoms with Gasteiger partial charge in [0.15, 0.2) is 0 Å². The number of hydrogen-bond donors (Lipinski definition) is 0. The van der Waals surface area contributed by atoms with Gasteiger partial charge in [0.25, 0.3) is 5.56 Å². The van der Waals surface area contributed by atoms with Gasteiger partial charge in [0.2, 0.25) is 0 Å². The highest BCUT2D eigenvalue weighted by Crippen LogP contribution is 2.17. The molecule has 0 N–H and O–H groups in total. The van der Waals surface area contributed by atoms with E-state index in [0.29, 0.717) is 0 Å². The molecule has 0 saturated carbocycles. The molecule has 24 heavy (non-hydrogen) atoms. The van der Waals surface area contributed by atoms with Gasteiger partial charge in [0, 0.05) is 7.05 Å². The summed E-state index contributed by atoms with van der Waals surface area (Å²) >= 11 is 0. The smallest absolute Gasteiger partial charge is 0.344 e. The molecule has 0 radical (unpaired) electrons. The second-order valence-electron chi connectivity index (χ2n) is 5.42. The van der Waals surface area contributed by atoms with Crippen LogP contribution in [0.3, 0.4) is 0 Å². The van der Waals surface area contributed by atoms with Crippen LogP contribution in [0.15, 0.2) is 77.6 Å². The number of pyridine rings is 1. The molecule has 0 aliphatic heterocycles. The molecule has 2 aromatic carbocycles. The van der Waals surface area contributed by atoms with Crippen molar-refractivity contribution < 1.29 is 9.53 Å². The minimum absolute atomic E-state index is 0.0353.